The zero-order valence-corrected chi connectivity index (χ0v) is 12.1. The topological polar surface area (TPSA) is 50.9 Å². The van der Waals surface area contributed by atoms with Gasteiger partial charge in [-0.25, -0.2) is 4.98 Å². The molecule has 18 heavy (non-hydrogen) atoms. The van der Waals surface area contributed by atoms with E-state index in [1.54, 1.807) is 11.1 Å². The monoisotopic (exact) mass is 270 g/mol. The van der Waals surface area contributed by atoms with E-state index in [1.807, 2.05) is 13.8 Å². The zero-order valence-electron chi connectivity index (χ0n) is 11.2. The number of nitrogens with one attached hydrogen (secondary N) is 3. The predicted molar refractivity (Wildman–Crippen MR) is 72.3 cm³/mol. The average molecular weight is 270 g/mol. The molecule has 0 unspecified atom stereocenters. The Morgan fingerprint density at radius 3 is 2.67 bits per heavy atom. The minimum Gasteiger partial charge on any atom is -0.328 e. The van der Waals surface area contributed by atoms with E-state index in [1.165, 1.54) is 16.2 Å². The molecule has 0 spiro atoms. The van der Waals surface area contributed by atoms with E-state index in [2.05, 4.69) is 17.3 Å². The van der Waals surface area contributed by atoms with E-state index in [0.717, 1.165) is 31.1 Å². The van der Waals surface area contributed by atoms with E-state index in [9.17, 15) is 4.79 Å². The standard InChI is InChI=1S/C12H20N4OS/c1-9-8-13-12(18-9)14-11(17)10(2)16-6-4-15(3)5-7-16/h8,10H,4-7H2,1-3H3,(H,13,14,17)/p+2/t10-/m0/s1. The number of amides is 1. The van der Waals surface area contributed by atoms with Gasteiger partial charge in [0.2, 0.25) is 0 Å². The molecule has 6 heteroatoms. The molecule has 1 aliphatic rings. The van der Waals surface area contributed by atoms with Crippen molar-refractivity contribution >= 4 is 22.4 Å². The lowest BCUT2D eigenvalue weighted by molar-refractivity contribution is -1.01. The lowest BCUT2D eigenvalue weighted by Crippen LogP contribution is -3.29. The molecule has 0 saturated carbocycles. The fraction of sp³-hybridized carbons (Fsp3) is 0.667. The summed E-state index contributed by atoms with van der Waals surface area (Å²) in [5.41, 5.74) is 0. The molecular formula is C12H22N4OS+2. The number of quaternary nitrogens is 2. The molecule has 2 heterocycles. The van der Waals surface area contributed by atoms with E-state index in [0.29, 0.717) is 5.13 Å². The molecule has 0 aromatic carbocycles. The molecule has 1 atom stereocenters. The van der Waals surface area contributed by atoms with Crippen LogP contribution in [0.4, 0.5) is 5.13 Å². The summed E-state index contributed by atoms with van der Waals surface area (Å²) in [4.78, 5) is 20.4. The molecule has 0 bridgehead atoms. The van der Waals surface area contributed by atoms with Crippen LogP contribution >= 0.6 is 11.3 Å². The molecule has 1 amide bonds. The Morgan fingerprint density at radius 1 is 1.44 bits per heavy atom. The van der Waals surface area contributed by atoms with Gasteiger partial charge in [0, 0.05) is 11.1 Å². The fourth-order valence-corrected chi connectivity index (χ4v) is 2.91. The van der Waals surface area contributed by atoms with Crippen molar-refractivity contribution in [3.8, 4) is 0 Å². The van der Waals surface area contributed by atoms with Crippen molar-refractivity contribution in [1.29, 1.82) is 0 Å². The Bertz CT molecular complexity index is 412. The number of thiazole rings is 1. The molecule has 1 fully saturated rings. The highest BCUT2D eigenvalue weighted by molar-refractivity contribution is 7.15. The Hall–Kier alpha value is -0.980. The normalized spacial score (nSPS) is 25.7. The average Bonchev–Trinajstić information content (AvgIpc) is 2.75. The van der Waals surface area contributed by atoms with Crippen LogP contribution in [0.3, 0.4) is 0 Å². The minimum absolute atomic E-state index is 0.00214. The molecule has 1 aliphatic heterocycles. The summed E-state index contributed by atoms with van der Waals surface area (Å²) < 4.78 is 0. The number of piperazine rings is 1. The lowest BCUT2D eigenvalue weighted by atomic mass is 10.2. The van der Waals surface area contributed by atoms with Crippen molar-refractivity contribution in [1.82, 2.24) is 4.98 Å². The third kappa shape index (κ3) is 3.28. The Kier molecular flexibility index (Phi) is 4.31. The number of carbonyl (C=O) groups excluding carboxylic acids is 1. The smallest absolute Gasteiger partial charge is 0.284 e. The van der Waals surface area contributed by atoms with Crippen molar-refractivity contribution in [2.45, 2.75) is 19.9 Å². The molecule has 100 valence electrons. The molecule has 1 saturated heterocycles. The number of likely N-dealkylation sites (N-methyl/N-ethyl adjacent to an activating group) is 1. The number of anilines is 1. The van der Waals surface area contributed by atoms with Crippen LogP contribution < -0.4 is 15.1 Å². The van der Waals surface area contributed by atoms with Crippen LogP contribution in [0.15, 0.2) is 6.20 Å². The van der Waals surface area contributed by atoms with Crippen LogP contribution in [0.2, 0.25) is 0 Å². The molecule has 1 aromatic heterocycles. The van der Waals surface area contributed by atoms with Gasteiger partial charge in [0.1, 0.15) is 26.2 Å². The van der Waals surface area contributed by atoms with Crippen LogP contribution in [-0.2, 0) is 4.79 Å². The Balaban J connectivity index is 1.88. The first-order valence-corrected chi connectivity index (χ1v) is 7.27. The van der Waals surface area contributed by atoms with E-state index in [-0.39, 0.29) is 11.9 Å². The summed E-state index contributed by atoms with van der Waals surface area (Å²) in [7, 11) is 2.21. The summed E-state index contributed by atoms with van der Waals surface area (Å²) >= 11 is 1.52. The van der Waals surface area contributed by atoms with Crippen molar-refractivity contribution in [3.63, 3.8) is 0 Å². The summed E-state index contributed by atoms with van der Waals surface area (Å²) in [6.07, 6.45) is 1.79. The van der Waals surface area contributed by atoms with Gasteiger partial charge in [-0.05, 0) is 13.8 Å². The van der Waals surface area contributed by atoms with Crippen LogP contribution in [0, 0.1) is 6.92 Å². The van der Waals surface area contributed by atoms with Gasteiger partial charge in [-0.1, -0.05) is 0 Å². The molecule has 0 aliphatic carbocycles. The molecule has 5 nitrogen and oxygen atoms in total. The van der Waals surface area contributed by atoms with Crippen LogP contribution in [0.1, 0.15) is 11.8 Å². The maximum Gasteiger partial charge on any atom is 0.284 e. The molecule has 3 N–H and O–H groups in total. The van der Waals surface area contributed by atoms with Gasteiger partial charge in [-0.15, -0.1) is 11.3 Å². The zero-order chi connectivity index (χ0) is 13.1. The molecule has 0 radical (unpaired) electrons. The second-order valence-electron chi connectivity index (χ2n) is 5.10. The minimum atomic E-state index is 0.00214. The number of hydrogen-bond donors (Lipinski definition) is 3. The fourth-order valence-electron chi connectivity index (χ4n) is 2.24. The molecule has 1 aromatic rings. The Morgan fingerprint density at radius 2 is 2.11 bits per heavy atom. The number of aromatic nitrogens is 1. The van der Waals surface area contributed by atoms with Crippen LogP contribution in [-0.4, -0.2) is 50.2 Å². The summed E-state index contributed by atoms with van der Waals surface area (Å²) in [5.74, 6) is 0.0823. The quantitative estimate of drug-likeness (QED) is 0.606. The van der Waals surface area contributed by atoms with Gasteiger partial charge >= 0.3 is 0 Å². The van der Waals surface area contributed by atoms with Gasteiger partial charge in [0.15, 0.2) is 11.2 Å². The first-order valence-electron chi connectivity index (χ1n) is 6.45. The predicted octanol–water partition coefficient (Wildman–Crippen LogP) is -1.81. The van der Waals surface area contributed by atoms with Gasteiger partial charge in [0.05, 0.1) is 7.05 Å². The largest absolute Gasteiger partial charge is 0.328 e. The van der Waals surface area contributed by atoms with Crippen molar-refractivity contribution < 1.29 is 14.6 Å². The highest BCUT2D eigenvalue weighted by atomic mass is 32.1. The van der Waals surface area contributed by atoms with Crippen molar-refractivity contribution in [2.24, 2.45) is 0 Å². The third-order valence-electron chi connectivity index (χ3n) is 3.60. The maximum absolute atomic E-state index is 12.1. The van der Waals surface area contributed by atoms with Crippen LogP contribution in [0.5, 0.6) is 0 Å². The molecular weight excluding hydrogens is 248 g/mol. The number of aryl methyl sites for hydroxylation is 1. The summed E-state index contributed by atoms with van der Waals surface area (Å²) in [5, 5.41) is 3.62. The third-order valence-corrected chi connectivity index (χ3v) is 4.43. The highest BCUT2D eigenvalue weighted by Gasteiger charge is 2.29. The van der Waals surface area contributed by atoms with Crippen LogP contribution in [0.25, 0.3) is 0 Å². The van der Waals surface area contributed by atoms with Gasteiger partial charge < -0.3 is 9.80 Å². The highest BCUT2D eigenvalue weighted by Crippen LogP contribution is 2.16. The van der Waals surface area contributed by atoms with Crippen molar-refractivity contribution in [2.75, 3.05) is 38.5 Å². The van der Waals surface area contributed by atoms with Gasteiger partial charge in [-0.2, -0.15) is 0 Å². The van der Waals surface area contributed by atoms with E-state index < -0.39 is 0 Å². The van der Waals surface area contributed by atoms with E-state index >= 15 is 0 Å². The number of carbonyl (C=O) groups is 1. The second-order valence-corrected chi connectivity index (χ2v) is 6.34. The second kappa shape index (κ2) is 5.77. The lowest BCUT2D eigenvalue weighted by Gasteiger charge is -2.30. The van der Waals surface area contributed by atoms with Gasteiger partial charge in [0.25, 0.3) is 5.91 Å². The first kappa shape index (κ1) is 13.5. The first-order chi connectivity index (χ1) is 8.56. The maximum atomic E-state index is 12.1. The van der Waals surface area contributed by atoms with E-state index in [4.69, 9.17) is 0 Å². The number of hydrogen-bond acceptors (Lipinski definition) is 3. The Labute approximate surface area is 112 Å². The SMILES string of the molecule is Cc1cnc(NC(=O)[C@H](C)[NH+]2CC[NH+](C)CC2)s1. The molecule has 2 rings (SSSR count). The number of nitrogens with zero attached hydrogens (tertiary/aromatic N) is 1. The number of rotatable bonds is 3. The van der Waals surface area contributed by atoms with Crippen molar-refractivity contribution in [3.05, 3.63) is 11.1 Å². The van der Waals surface area contributed by atoms with Gasteiger partial charge in [-0.3, -0.25) is 10.1 Å². The summed E-state index contributed by atoms with van der Waals surface area (Å²) in [6.45, 7) is 8.41. The summed E-state index contributed by atoms with van der Waals surface area (Å²) in [6, 6.07) is 0.00214.